The summed E-state index contributed by atoms with van der Waals surface area (Å²) in [7, 11) is 0. The number of anilines is 1. The fourth-order valence-electron chi connectivity index (χ4n) is 2.60. The third-order valence-corrected chi connectivity index (χ3v) is 4.23. The third kappa shape index (κ3) is 4.94. The molecule has 0 atom stereocenters. The molecule has 1 aromatic heterocycles. The number of benzene rings is 2. The molecule has 3 rings (SSSR count). The van der Waals surface area contributed by atoms with E-state index in [-0.39, 0.29) is 5.91 Å². The van der Waals surface area contributed by atoms with Crippen LogP contribution in [0.2, 0.25) is 5.02 Å². The van der Waals surface area contributed by atoms with Crippen molar-refractivity contribution >= 4 is 23.3 Å². The van der Waals surface area contributed by atoms with E-state index in [4.69, 9.17) is 11.6 Å². The molecule has 1 N–H and O–H groups in total. The van der Waals surface area contributed by atoms with E-state index in [1.165, 1.54) is 0 Å². The normalized spacial score (nSPS) is 10.6. The van der Waals surface area contributed by atoms with Gasteiger partial charge in [-0.25, -0.2) is 0 Å². The lowest BCUT2D eigenvalue weighted by Gasteiger charge is -2.05. The van der Waals surface area contributed by atoms with Gasteiger partial charge < -0.3 is 5.32 Å². The van der Waals surface area contributed by atoms with E-state index < -0.39 is 0 Å². The van der Waals surface area contributed by atoms with Gasteiger partial charge in [0, 0.05) is 23.2 Å². The van der Waals surface area contributed by atoms with E-state index in [0.717, 1.165) is 23.2 Å². The van der Waals surface area contributed by atoms with Crippen LogP contribution in [0.1, 0.15) is 23.2 Å². The minimum Gasteiger partial charge on any atom is -0.309 e. The SMILES string of the molecule is Cc1cc(NC(=O)CCc2ccccc2)nn1Cc1ccc(Cl)cc1. The lowest BCUT2D eigenvalue weighted by molar-refractivity contribution is -0.116. The molecule has 4 nitrogen and oxygen atoms in total. The summed E-state index contributed by atoms with van der Waals surface area (Å²) in [6.45, 7) is 2.62. The maximum atomic E-state index is 12.1. The zero-order valence-corrected chi connectivity index (χ0v) is 14.8. The zero-order valence-electron chi connectivity index (χ0n) is 14.1. The van der Waals surface area contributed by atoms with Crippen LogP contribution in [0.4, 0.5) is 5.82 Å². The standard InChI is InChI=1S/C20H20ClN3O/c1-15-13-19(22-20(25)12-9-16-5-3-2-4-6-16)23-24(15)14-17-7-10-18(21)11-8-17/h2-8,10-11,13H,9,12,14H2,1H3,(H,22,23,25). The number of hydrogen-bond donors (Lipinski definition) is 1. The van der Waals surface area contributed by atoms with Gasteiger partial charge in [0.1, 0.15) is 0 Å². The predicted octanol–water partition coefficient (Wildman–Crippen LogP) is 4.46. The quantitative estimate of drug-likeness (QED) is 0.711. The molecule has 0 aliphatic rings. The highest BCUT2D eigenvalue weighted by Gasteiger charge is 2.09. The average molecular weight is 354 g/mol. The molecule has 128 valence electrons. The highest BCUT2D eigenvalue weighted by molar-refractivity contribution is 6.30. The minimum atomic E-state index is -0.0278. The molecule has 0 aliphatic heterocycles. The fraction of sp³-hybridized carbons (Fsp3) is 0.200. The first-order valence-corrected chi connectivity index (χ1v) is 8.60. The average Bonchev–Trinajstić information content (AvgIpc) is 2.95. The van der Waals surface area contributed by atoms with Crippen LogP contribution in [-0.4, -0.2) is 15.7 Å². The van der Waals surface area contributed by atoms with E-state index in [1.54, 1.807) is 0 Å². The molecular formula is C20H20ClN3O. The van der Waals surface area contributed by atoms with Crippen molar-refractivity contribution in [2.24, 2.45) is 0 Å². The van der Waals surface area contributed by atoms with Gasteiger partial charge in [0.15, 0.2) is 5.82 Å². The van der Waals surface area contributed by atoms with Gasteiger partial charge in [-0.1, -0.05) is 54.1 Å². The molecule has 0 saturated carbocycles. The highest BCUT2D eigenvalue weighted by Crippen LogP contribution is 2.14. The number of nitrogens with one attached hydrogen (secondary N) is 1. The number of aryl methyl sites for hydroxylation is 2. The van der Waals surface area contributed by atoms with E-state index in [9.17, 15) is 4.79 Å². The first kappa shape index (κ1) is 17.2. The van der Waals surface area contributed by atoms with Gasteiger partial charge in [-0.3, -0.25) is 9.48 Å². The molecule has 0 fully saturated rings. The molecular weight excluding hydrogens is 334 g/mol. The van der Waals surface area contributed by atoms with Crippen LogP contribution >= 0.6 is 11.6 Å². The monoisotopic (exact) mass is 353 g/mol. The molecule has 25 heavy (non-hydrogen) atoms. The van der Waals surface area contributed by atoms with Crippen molar-refractivity contribution in [3.8, 4) is 0 Å². The summed E-state index contributed by atoms with van der Waals surface area (Å²) in [6.07, 6.45) is 1.16. The number of carbonyl (C=O) groups excluding carboxylic acids is 1. The summed E-state index contributed by atoms with van der Waals surface area (Å²) in [5.41, 5.74) is 3.26. The number of amides is 1. The molecule has 3 aromatic rings. The molecule has 0 unspecified atom stereocenters. The second kappa shape index (κ2) is 7.99. The van der Waals surface area contributed by atoms with Gasteiger partial charge in [0.25, 0.3) is 0 Å². The van der Waals surface area contributed by atoms with Crippen molar-refractivity contribution in [3.63, 3.8) is 0 Å². The summed E-state index contributed by atoms with van der Waals surface area (Å²) in [4.78, 5) is 12.1. The zero-order chi connectivity index (χ0) is 17.6. The Labute approximate surface area is 152 Å². The van der Waals surface area contributed by atoms with Crippen LogP contribution in [-0.2, 0) is 17.8 Å². The smallest absolute Gasteiger partial charge is 0.225 e. The summed E-state index contributed by atoms with van der Waals surface area (Å²) in [5, 5.41) is 8.07. The van der Waals surface area contributed by atoms with Crippen LogP contribution in [0.5, 0.6) is 0 Å². The molecule has 1 amide bonds. The second-order valence-electron chi connectivity index (χ2n) is 5.99. The summed E-state index contributed by atoms with van der Waals surface area (Å²) < 4.78 is 1.87. The Hall–Kier alpha value is -2.59. The number of nitrogens with zero attached hydrogens (tertiary/aromatic N) is 2. The molecule has 1 heterocycles. The Bertz CT molecular complexity index is 841. The van der Waals surface area contributed by atoms with Gasteiger partial charge in [0.05, 0.1) is 6.54 Å². The van der Waals surface area contributed by atoms with E-state index >= 15 is 0 Å². The summed E-state index contributed by atoms with van der Waals surface area (Å²) in [5.74, 6) is 0.560. The Morgan fingerprint density at radius 2 is 1.80 bits per heavy atom. The van der Waals surface area contributed by atoms with E-state index in [2.05, 4.69) is 10.4 Å². The van der Waals surface area contributed by atoms with Crippen LogP contribution < -0.4 is 5.32 Å². The summed E-state index contributed by atoms with van der Waals surface area (Å²) in [6, 6.07) is 19.5. The largest absolute Gasteiger partial charge is 0.309 e. The third-order valence-electron chi connectivity index (χ3n) is 3.98. The number of halogens is 1. The van der Waals surface area contributed by atoms with Crippen molar-refractivity contribution in [3.05, 3.63) is 82.5 Å². The van der Waals surface area contributed by atoms with Crippen molar-refractivity contribution in [1.82, 2.24) is 9.78 Å². The van der Waals surface area contributed by atoms with Crippen LogP contribution in [0.25, 0.3) is 0 Å². The highest BCUT2D eigenvalue weighted by atomic mass is 35.5. The topological polar surface area (TPSA) is 46.9 Å². The molecule has 0 saturated heterocycles. The number of rotatable bonds is 6. The first-order chi connectivity index (χ1) is 12.1. The van der Waals surface area contributed by atoms with Gasteiger partial charge in [-0.05, 0) is 36.6 Å². The maximum absolute atomic E-state index is 12.1. The Balaban J connectivity index is 1.58. The lowest BCUT2D eigenvalue weighted by atomic mass is 10.1. The first-order valence-electron chi connectivity index (χ1n) is 8.23. The predicted molar refractivity (Wildman–Crippen MR) is 101 cm³/mol. The van der Waals surface area contributed by atoms with Gasteiger partial charge >= 0.3 is 0 Å². The number of aromatic nitrogens is 2. The van der Waals surface area contributed by atoms with E-state index in [0.29, 0.717) is 23.8 Å². The molecule has 0 radical (unpaired) electrons. The molecule has 0 aliphatic carbocycles. The van der Waals surface area contributed by atoms with Gasteiger partial charge in [-0.2, -0.15) is 5.10 Å². The molecule has 2 aromatic carbocycles. The number of hydrogen-bond acceptors (Lipinski definition) is 2. The Morgan fingerprint density at radius 1 is 1.08 bits per heavy atom. The Kier molecular flexibility index (Phi) is 5.51. The van der Waals surface area contributed by atoms with Crippen LogP contribution in [0.3, 0.4) is 0 Å². The van der Waals surface area contributed by atoms with Crippen molar-refractivity contribution in [1.29, 1.82) is 0 Å². The minimum absolute atomic E-state index is 0.0278. The van der Waals surface area contributed by atoms with Crippen molar-refractivity contribution in [2.45, 2.75) is 26.3 Å². The second-order valence-corrected chi connectivity index (χ2v) is 6.43. The summed E-state index contributed by atoms with van der Waals surface area (Å²) >= 11 is 5.91. The van der Waals surface area contributed by atoms with Crippen molar-refractivity contribution in [2.75, 3.05) is 5.32 Å². The molecule has 0 bridgehead atoms. The molecule has 0 spiro atoms. The maximum Gasteiger partial charge on any atom is 0.225 e. The van der Waals surface area contributed by atoms with E-state index in [1.807, 2.05) is 72.3 Å². The number of carbonyl (C=O) groups is 1. The van der Waals surface area contributed by atoms with Crippen LogP contribution in [0.15, 0.2) is 60.7 Å². The Morgan fingerprint density at radius 3 is 2.52 bits per heavy atom. The van der Waals surface area contributed by atoms with Gasteiger partial charge in [0.2, 0.25) is 5.91 Å². The lowest BCUT2D eigenvalue weighted by Crippen LogP contribution is -2.13. The van der Waals surface area contributed by atoms with Crippen molar-refractivity contribution < 1.29 is 4.79 Å². The van der Waals surface area contributed by atoms with Gasteiger partial charge in [-0.15, -0.1) is 0 Å². The molecule has 5 heteroatoms. The van der Waals surface area contributed by atoms with Crippen LogP contribution in [0, 0.1) is 6.92 Å². The fourth-order valence-corrected chi connectivity index (χ4v) is 2.73.